The number of nitrogens with zero attached hydrogens (tertiary/aromatic N) is 1. The average molecular weight is 265 g/mol. The van der Waals surface area contributed by atoms with Gasteiger partial charge in [-0.15, -0.1) is 0 Å². The number of hydrogen-bond acceptors (Lipinski definition) is 4. The molecule has 0 saturated carbocycles. The number of methoxy groups -OCH3 is 2. The van der Waals surface area contributed by atoms with Gasteiger partial charge in [-0.1, -0.05) is 6.07 Å². The van der Waals surface area contributed by atoms with Gasteiger partial charge in [0.25, 0.3) is 0 Å². The van der Waals surface area contributed by atoms with Gasteiger partial charge in [0.15, 0.2) is 0 Å². The van der Waals surface area contributed by atoms with Gasteiger partial charge in [0.05, 0.1) is 20.3 Å². The Morgan fingerprint density at radius 3 is 2.74 bits per heavy atom. The molecule has 1 saturated heterocycles. The predicted molar refractivity (Wildman–Crippen MR) is 74.8 cm³/mol. The zero-order valence-electron chi connectivity index (χ0n) is 12.0. The Balaban J connectivity index is 2.17. The average Bonchev–Trinajstić information content (AvgIpc) is 2.39. The van der Waals surface area contributed by atoms with Crippen LogP contribution in [0.25, 0.3) is 0 Å². The van der Waals surface area contributed by atoms with E-state index < -0.39 is 0 Å². The standard InChI is InChI=1S/C15H23NO3/c1-11-14(18-2)7-6-12(15(11)19-3)9-16-8-4-5-13(17)10-16/h6-7,13,17H,4-5,8-10H2,1-3H3/t13-/m1/s1. The second kappa shape index (κ2) is 6.26. The summed E-state index contributed by atoms with van der Waals surface area (Å²) < 4.78 is 10.8. The van der Waals surface area contributed by atoms with Crippen molar-refractivity contribution in [2.75, 3.05) is 27.3 Å². The van der Waals surface area contributed by atoms with E-state index in [1.807, 2.05) is 19.1 Å². The maximum atomic E-state index is 9.73. The predicted octanol–water partition coefficient (Wildman–Crippen LogP) is 1.97. The minimum Gasteiger partial charge on any atom is -0.496 e. The Kier molecular flexibility index (Phi) is 4.66. The normalized spacial score (nSPS) is 20.3. The first-order valence-electron chi connectivity index (χ1n) is 6.76. The summed E-state index contributed by atoms with van der Waals surface area (Å²) in [7, 11) is 3.36. The lowest BCUT2D eigenvalue weighted by Gasteiger charge is -2.30. The first-order chi connectivity index (χ1) is 9.15. The van der Waals surface area contributed by atoms with E-state index >= 15 is 0 Å². The SMILES string of the molecule is COc1ccc(CN2CCC[C@@H](O)C2)c(OC)c1C. The Hall–Kier alpha value is -1.26. The van der Waals surface area contributed by atoms with Crippen molar-refractivity contribution in [1.82, 2.24) is 4.90 Å². The van der Waals surface area contributed by atoms with Crippen molar-refractivity contribution in [3.63, 3.8) is 0 Å². The highest BCUT2D eigenvalue weighted by Gasteiger charge is 2.20. The summed E-state index contributed by atoms with van der Waals surface area (Å²) in [5, 5.41) is 9.73. The van der Waals surface area contributed by atoms with Crippen molar-refractivity contribution < 1.29 is 14.6 Å². The van der Waals surface area contributed by atoms with Crippen LogP contribution in [0.15, 0.2) is 12.1 Å². The summed E-state index contributed by atoms with van der Waals surface area (Å²) in [6, 6.07) is 4.03. The second-order valence-electron chi connectivity index (χ2n) is 5.12. The van der Waals surface area contributed by atoms with E-state index in [0.29, 0.717) is 0 Å². The molecule has 0 bridgehead atoms. The van der Waals surface area contributed by atoms with Crippen molar-refractivity contribution in [1.29, 1.82) is 0 Å². The topological polar surface area (TPSA) is 41.9 Å². The van der Waals surface area contributed by atoms with Crippen molar-refractivity contribution in [3.8, 4) is 11.5 Å². The highest BCUT2D eigenvalue weighted by molar-refractivity contribution is 5.49. The van der Waals surface area contributed by atoms with Crippen LogP contribution in [0.2, 0.25) is 0 Å². The van der Waals surface area contributed by atoms with Crippen LogP contribution in [0.5, 0.6) is 11.5 Å². The summed E-state index contributed by atoms with van der Waals surface area (Å²) >= 11 is 0. The summed E-state index contributed by atoms with van der Waals surface area (Å²) in [6.07, 6.45) is 1.77. The fourth-order valence-electron chi connectivity index (χ4n) is 2.78. The van der Waals surface area contributed by atoms with Crippen LogP contribution in [0.3, 0.4) is 0 Å². The van der Waals surface area contributed by atoms with Gasteiger partial charge < -0.3 is 14.6 Å². The third kappa shape index (κ3) is 3.19. The molecule has 1 aliphatic rings. The zero-order chi connectivity index (χ0) is 13.8. The summed E-state index contributed by atoms with van der Waals surface area (Å²) in [6.45, 7) is 4.59. The summed E-state index contributed by atoms with van der Waals surface area (Å²) in [4.78, 5) is 2.28. The number of likely N-dealkylation sites (tertiary alicyclic amines) is 1. The molecular weight excluding hydrogens is 242 g/mol. The van der Waals surface area contributed by atoms with E-state index in [1.54, 1.807) is 14.2 Å². The lowest BCUT2D eigenvalue weighted by atomic mass is 10.0. The molecule has 1 heterocycles. The van der Waals surface area contributed by atoms with Crippen molar-refractivity contribution in [3.05, 3.63) is 23.3 Å². The van der Waals surface area contributed by atoms with E-state index in [-0.39, 0.29) is 6.10 Å². The van der Waals surface area contributed by atoms with E-state index in [0.717, 1.165) is 55.1 Å². The molecule has 19 heavy (non-hydrogen) atoms. The zero-order valence-corrected chi connectivity index (χ0v) is 12.0. The molecule has 0 radical (unpaired) electrons. The molecule has 0 aromatic heterocycles. The monoisotopic (exact) mass is 265 g/mol. The van der Waals surface area contributed by atoms with Gasteiger partial charge in [-0.3, -0.25) is 4.90 Å². The Labute approximate surface area is 114 Å². The lowest BCUT2D eigenvalue weighted by molar-refractivity contribution is 0.0664. The number of benzene rings is 1. The number of aliphatic hydroxyl groups is 1. The van der Waals surface area contributed by atoms with Gasteiger partial charge in [0.1, 0.15) is 11.5 Å². The van der Waals surface area contributed by atoms with Crippen LogP contribution >= 0.6 is 0 Å². The van der Waals surface area contributed by atoms with Crippen LogP contribution in [0, 0.1) is 6.92 Å². The second-order valence-corrected chi connectivity index (χ2v) is 5.12. The van der Waals surface area contributed by atoms with Gasteiger partial charge in [0.2, 0.25) is 0 Å². The van der Waals surface area contributed by atoms with Gasteiger partial charge in [-0.05, 0) is 32.4 Å². The number of hydrogen-bond donors (Lipinski definition) is 1. The Bertz CT molecular complexity index is 434. The van der Waals surface area contributed by atoms with Crippen LogP contribution in [-0.2, 0) is 6.54 Å². The first-order valence-corrected chi connectivity index (χ1v) is 6.76. The largest absolute Gasteiger partial charge is 0.496 e. The fraction of sp³-hybridized carbons (Fsp3) is 0.600. The number of rotatable bonds is 4. The molecule has 0 unspecified atom stereocenters. The minimum absolute atomic E-state index is 0.195. The molecule has 1 aromatic carbocycles. The number of piperidine rings is 1. The van der Waals surface area contributed by atoms with E-state index in [4.69, 9.17) is 9.47 Å². The molecule has 0 spiro atoms. The lowest BCUT2D eigenvalue weighted by Crippen LogP contribution is -2.37. The van der Waals surface area contributed by atoms with E-state index in [9.17, 15) is 5.11 Å². The van der Waals surface area contributed by atoms with Crippen LogP contribution < -0.4 is 9.47 Å². The third-order valence-electron chi connectivity index (χ3n) is 3.74. The molecule has 4 heteroatoms. The molecule has 0 aliphatic carbocycles. The minimum atomic E-state index is -0.195. The van der Waals surface area contributed by atoms with Gasteiger partial charge in [-0.2, -0.15) is 0 Å². The molecule has 1 N–H and O–H groups in total. The van der Waals surface area contributed by atoms with Crippen LogP contribution in [0.1, 0.15) is 24.0 Å². The van der Waals surface area contributed by atoms with Crippen molar-refractivity contribution in [2.24, 2.45) is 0 Å². The summed E-state index contributed by atoms with van der Waals surface area (Å²) in [5.74, 6) is 1.73. The fourth-order valence-corrected chi connectivity index (χ4v) is 2.78. The van der Waals surface area contributed by atoms with Gasteiger partial charge >= 0.3 is 0 Å². The first kappa shape index (κ1) is 14.2. The molecule has 1 atom stereocenters. The highest BCUT2D eigenvalue weighted by Crippen LogP contribution is 2.32. The van der Waals surface area contributed by atoms with E-state index in [2.05, 4.69) is 4.90 Å². The number of β-amino-alcohol motifs (C(OH)–C–C–N with tert-alkyl or cyclic N) is 1. The third-order valence-corrected chi connectivity index (χ3v) is 3.74. The number of ether oxygens (including phenoxy) is 2. The molecule has 106 valence electrons. The Morgan fingerprint density at radius 2 is 2.11 bits per heavy atom. The van der Waals surface area contributed by atoms with Gasteiger partial charge in [-0.25, -0.2) is 0 Å². The smallest absolute Gasteiger partial charge is 0.129 e. The maximum absolute atomic E-state index is 9.73. The van der Waals surface area contributed by atoms with Gasteiger partial charge in [0, 0.05) is 24.2 Å². The molecule has 1 fully saturated rings. The molecule has 4 nitrogen and oxygen atoms in total. The maximum Gasteiger partial charge on any atom is 0.129 e. The molecule has 1 aliphatic heterocycles. The van der Waals surface area contributed by atoms with Crippen molar-refractivity contribution in [2.45, 2.75) is 32.4 Å². The number of aliphatic hydroxyl groups excluding tert-OH is 1. The van der Waals surface area contributed by atoms with Crippen molar-refractivity contribution >= 4 is 0 Å². The molecule has 2 rings (SSSR count). The molecular formula is C15H23NO3. The molecule has 0 amide bonds. The Morgan fingerprint density at radius 1 is 1.32 bits per heavy atom. The summed E-state index contributed by atoms with van der Waals surface area (Å²) in [5.41, 5.74) is 2.18. The molecule has 1 aromatic rings. The van der Waals surface area contributed by atoms with Crippen LogP contribution in [0.4, 0.5) is 0 Å². The highest BCUT2D eigenvalue weighted by atomic mass is 16.5. The quantitative estimate of drug-likeness (QED) is 0.904. The van der Waals surface area contributed by atoms with Crippen LogP contribution in [-0.4, -0.2) is 43.4 Å². The van der Waals surface area contributed by atoms with E-state index in [1.165, 1.54) is 0 Å².